The Morgan fingerprint density at radius 1 is 1.11 bits per heavy atom. The molecule has 0 saturated heterocycles. The summed E-state index contributed by atoms with van der Waals surface area (Å²) in [5, 5.41) is 10.2. The van der Waals surface area contributed by atoms with Gasteiger partial charge in [0.2, 0.25) is 11.9 Å². The summed E-state index contributed by atoms with van der Waals surface area (Å²) in [4.78, 5) is 38.2. The highest BCUT2D eigenvalue weighted by atomic mass is 35.5. The van der Waals surface area contributed by atoms with Gasteiger partial charge in [0.1, 0.15) is 0 Å². The number of rotatable bonds is 6. The van der Waals surface area contributed by atoms with Gasteiger partial charge in [0, 0.05) is 30.7 Å². The summed E-state index contributed by atoms with van der Waals surface area (Å²) >= 11 is 6.19. The molecule has 3 amide bonds. The van der Waals surface area contributed by atoms with Crippen LogP contribution in [0.4, 0.5) is 39.3 Å². The van der Waals surface area contributed by atoms with Crippen molar-refractivity contribution in [2.75, 3.05) is 20.4 Å². The van der Waals surface area contributed by atoms with Crippen LogP contribution in [0.1, 0.15) is 5.56 Å². The zero-order valence-electron chi connectivity index (χ0n) is 19.2. The molecule has 0 saturated carbocycles. The smallest absolute Gasteiger partial charge is 0.321 e. The number of nitrogens with zero attached hydrogens (tertiary/aromatic N) is 6. The van der Waals surface area contributed by atoms with Gasteiger partial charge in [0.05, 0.1) is 23.6 Å². The van der Waals surface area contributed by atoms with Gasteiger partial charge in [0.25, 0.3) is 0 Å². The average molecular weight is 501 g/mol. The second-order valence-corrected chi connectivity index (χ2v) is 8.28. The van der Waals surface area contributed by atoms with E-state index in [0.717, 1.165) is 5.69 Å². The molecule has 2 N–H and O–H groups in total. The first-order chi connectivity index (χ1) is 17.4. The highest BCUT2D eigenvalue weighted by Crippen LogP contribution is 2.39. The Balaban J connectivity index is 1.63. The zero-order chi connectivity index (χ0) is 25.2. The fraction of sp³-hybridized carbons (Fsp3) is 0.0800. The van der Waals surface area contributed by atoms with Crippen molar-refractivity contribution in [1.82, 2.24) is 19.7 Å². The third-order valence-electron chi connectivity index (χ3n) is 5.49. The van der Waals surface area contributed by atoms with Crippen LogP contribution in [0.2, 0.25) is 5.15 Å². The largest absolute Gasteiger partial charge is 0.335 e. The third kappa shape index (κ3) is 4.37. The fourth-order valence-electron chi connectivity index (χ4n) is 3.86. The lowest BCUT2D eigenvalue weighted by Gasteiger charge is -2.36. The van der Waals surface area contributed by atoms with E-state index in [2.05, 4.69) is 32.3 Å². The number of carbonyl (C=O) groups excluding carboxylic acids is 2. The first-order valence-corrected chi connectivity index (χ1v) is 11.3. The van der Waals surface area contributed by atoms with Crippen LogP contribution in [0.15, 0.2) is 79.6 Å². The van der Waals surface area contributed by atoms with Gasteiger partial charge in [-0.3, -0.25) is 14.4 Å². The van der Waals surface area contributed by atoms with E-state index in [1.807, 2.05) is 30.3 Å². The van der Waals surface area contributed by atoms with E-state index < -0.39 is 5.91 Å². The third-order valence-corrected chi connectivity index (χ3v) is 5.77. The number of hydrogen-bond donors (Lipinski definition) is 2. The lowest BCUT2D eigenvalue weighted by Crippen LogP contribution is -2.45. The van der Waals surface area contributed by atoms with Gasteiger partial charge in [-0.15, -0.1) is 0 Å². The van der Waals surface area contributed by atoms with E-state index in [0.29, 0.717) is 28.4 Å². The van der Waals surface area contributed by atoms with Crippen LogP contribution in [0, 0.1) is 0 Å². The first kappa shape index (κ1) is 23.1. The second-order valence-electron chi connectivity index (χ2n) is 7.92. The van der Waals surface area contributed by atoms with Crippen molar-refractivity contribution in [2.45, 2.75) is 6.54 Å². The number of aryl methyl sites for hydroxylation is 1. The molecule has 0 bridgehead atoms. The molecule has 180 valence electrons. The van der Waals surface area contributed by atoms with E-state index in [-0.39, 0.29) is 23.7 Å². The van der Waals surface area contributed by atoms with E-state index in [1.54, 1.807) is 53.3 Å². The number of anilines is 6. The van der Waals surface area contributed by atoms with Crippen molar-refractivity contribution in [2.24, 2.45) is 7.05 Å². The lowest BCUT2D eigenvalue weighted by atomic mass is 10.1. The van der Waals surface area contributed by atoms with Gasteiger partial charge in [0.15, 0.2) is 11.0 Å². The van der Waals surface area contributed by atoms with Crippen molar-refractivity contribution in [1.29, 1.82) is 0 Å². The number of benzene rings is 2. The first-order valence-electron chi connectivity index (χ1n) is 11.0. The van der Waals surface area contributed by atoms with Crippen molar-refractivity contribution in [3.05, 3.63) is 90.4 Å². The van der Waals surface area contributed by atoms with E-state index in [4.69, 9.17) is 11.6 Å². The molecule has 0 fully saturated rings. The van der Waals surface area contributed by atoms with Crippen LogP contribution in [0.25, 0.3) is 0 Å². The molecular weight excluding hydrogens is 480 g/mol. The van der Waals surface area contributed by atoms with Gasteiger partial charge in [-0.05, 0) is 30.3 Å². The van der Waals surface area contributed by atoms with Crippen molar-refractivity contribution in [3.63, 3.8) is 0 Å². The minimum Gasteiger partial charge on any atom is -0.321 e. The Hall–Kier alpha value is -4.70. The van der Waals surface area contributed by atoms with Crippen LogP contribution < -0.4 is 20.4 Å². The molecule has 2 aromatic carbocycles. The number of hydrogen-bond acceptors (Lipinski definition) is 6. The van der Waals surface area contributed by atoms with E-state index in [9.17, 15) is 9.59 Å². The molecule has 1 aliphatic rings. The molecule has 0 radical (unpaired) electrons. The molecule has 0 unspecified atom stereocenters. The maximum atomic E-state index is 13.9. The molecule has 36 heavy (non-hydrogen) atoms. The number of urea groups is 1. The Labute approximate surface area is 211 Å². The lowest BCUT2D eigenvalue weighted by molar-refractivity contribution is -0.111. The number of carbonyl (C=O) groups is 2. The summed E-state index contributed by atoms with van der Waals surface area (Å²) in [6.45, 7) is 3.78. The molecule has 3 heterocycles. The van der Waals surface area contributed by atoms with Crippen LogP contribution in [-0.4, -0.2) is 31.7 Å². The summed E-state index contributed by atoms with van der Waals surface area (Å²) in [5.74, 6) is 0.218. The van der Waals surface area contributed by atoms with E-state index in [1.165, 1.54) is 11.0 Å². The van der Waals surface area contributed by atoms with Crippen LogP contribution >= 0.6 is 11.6 Å². The highest BCUT2D eigenvalue weighted by Gasteiger charge is 2.35. The summed E-state index contributed by atoms with van der Waals surface area (Å²) < 4.78 is 1.56. The normalized spacial score (nSPS) is 12.8. The molecule has 10 nitrogen and oxygen atoms in total. The molecule has 0 atom stereocenters. The van der Waals surface area contributed by atoms with Crippen LogP contribution in [0.3, 0.4) is 0 Å². The van der Waals surface area contributed by atoms with E-state index >= 15 is 0 Å². The summed E-state index contributed by atoms with van der Waals surface area (Å²) in [5.41, 5.74) is 2.84. The molecule has 0 spiro atoms. The maximum absolute atomic E-state index is 13.9. The number of nitrogens with one attached hydrogen (secondary N) is 2. The molecule has 0 aliphatic carbocycles. The van der Waals surface area contributed by atoms with Gasteiger partial charge >= 0.3 is 6.03 Å². The van der Waals surface area contributed by atoms with Crippen molar-refractivity contribution in [3.8, 4) is 0 Å². The van der Waals surface area contributed by atoms with Crippen LogP contribution in [0.5, 0.6) is 0 Å². The number of amides is 3. The van der Waals surface area contributed by atoms with Gasteiger partial charge in [-0.25, -0.2) is 14.7 Å². The van der Waals surface area contributed by atoms with Gasteiger partial charge in [-0.2, -0.15) is 10.1 Å². The summed E-state index contributed by atoms with van der Waals surface area (Å²) in [6.07, 6.45) is 4.53. The number of para-hydroxylation sites is 3. The topological polar surface area (TPSA) is 108 Å². The number of fused-ring (bicyclic) bond motifs is 1. The number of aromatic nitrogens is 4. The Morgan fingerprint density at radius 2 is 1.86 bits per heavy atom. The SMILES string of the molecule is C=CC(=O)Nc1ccccc1N1C(=O)N(c2ccccc2)Cc2cnc(Nc3cn(C)nc3Cl)nc21. The second kappa shape index (κ2) is 9.51. The highest BCUT2D eigenvalue weighted by molar-refractivity contribution is 6.32. The monoisotopic (exact) mass is 500 g/mol. The van der Waals surface area contributed by atoms with Gasteiger partial charge < -0.3 is 10.6 Å². The van der Waals surface area contributed by atoms with Crippen molar-refractivity contribution >= 4 is 58.1 Å². The Kier molecular flexibility index (Phi) is 6.09. The predicted molar refractivity (Wildman–Crippen MR) is 139 cm³/mol. The van der Waals surface area contributed by atoms with Gasteiger partial charge in [-0.1, -0.05) is 48.5 Å². The molecular formula is C25H21ClN8O2. The minimum absolute atomic E-state index is 0.238. The van der Waals surface area contributed by atoms with Crippen molar-refractivity contribution < 1.29 is 9.59 Å². The maximum Gasteiger partial charge on any atom is 0.335 e. The fourth-order valence-corrected chi connectivity index (χ4v) is 4.08. The molecule has 1 aliphatic heterocycles. The number of halogens is 1. The zero-order valence-corrected chi connectivity index (χ0v) is 20.0. The predicted octanol–water partition coefficient (Wildman–Crippen LogP) is 5.01. The molecule has 5 rings (SSSR count). The standard InChI is InChI=1S/C25H21ClN8O2/c1-3-21(35)28-18-11-7-8-12-20(18)34-23-16(14-33(25(34)36)17-9-5-4-6-10-17)13-27-24(30-23)29-19-15-32(2)31-22(19)26/h3-13,15H,1,14H2,2H3,(H,28,35)(H,27,29,30). The Morgan fingerprint density at radius 3 is 2.58 bits per heavy atom. The quantitative estimate of drug-likeness (QED) is 0.360. The molecule has 2 aromatic heterocycles. The summed E-state index contributed by atoms with van der Waals surface area (Å²) in [6, 6.07) is 16.0. The average Bonchev–Trinajstić information content (AvgIpc) is 3.20. The molecule has 11 heteroatoms. The summed E-state index contributed by atoms with van der Waals surface area (Å²) in [7, 11) is 1.75. The van der Waals surface area contributed by atoms with Crippen LogP contribution in [-0.2, 0) is 18.4 Å². The minimum atomic E-state index is -0.400. The Bertz CT molecular complexity index is 1470. The molecule has 4 aromatic rings.